The number of amides is 1. The number of rotatable bonds is 5. The van der Waals surface area contributed by atoms with Crippen LogP contribution in [0.15, 0.2) is 6.20 Å². The Morgan fingerprint density at radius 2 is 2.38 bits per heavy atom. The minimum atomic E-state index is -0.956. The molecule has 1 unspecified atom stereocenters. The maximum absolute atomic E-state index is 11.5. The molecule has 90 valence electrons. The Balaban J connectivity index is 2.42. The van der Waals surface area contributed by atoms with Gasteiger partial charge in [0.2, 0.25) is 0 Å². The number of aromatic nitrogens is 2. The molecule has 0 spiro atoms. The molecule has 0 radical (unpaired) electrons. The van der Waals surface area contributed by atoms with Gasteiger partial charge in [-0.15, -0.1) is 0 Å². The first-order valence-corrected chi connectivity index (χ1v) is 5.56. The van der Waals surface area contributed by atoms with Gasteiger partial charge >= 0.3 is 0 Å². The van der Waals surface area contributed by atoms with Crippen molar-refractivity contribution in [3.63, 3.8) is 0 Å². The third-order valence-corrected chi connectivity index (χ3v) is 2.36. The maximum Gasteiger partial charge on any atom is 0.272 e. The fraction of sp³-hybridized carbons (Fsp3) is 0.667. The highest BCUT2D eigenvalue weighted by Gasteiger charge is 2.22. The Morgan fingerprint density at radius 1 is 1.69 bits per heavy atom. The number of aliphatic hydroxyl groups is 1. The highest BCUT2D eigenvalue weighted by atomic mass is 32.1. The quantitative estimate of drug-likeness (QED) is 0.735. The van der Waals surface area contributed by atoms with Crippen LogP contribution < -0.4 is 5.32 Å². The molecule has 7 heteroatoms. The molecular weight excluding hydrogens is 228 g/mol. The average Bonchev–Trinajstić information content (AvgIpc) is 2.64. The monoisotopic (exact) mass is 244 g/mol. The van der Waals surface area contributed by atoms with Crippen LogP contribution in [0.25, 0.3) is 0 Å². The van der Waals surface area contributed by atoms with E-state index in [0.29, 0.717) is 6.54 Å². The molecule has 0 bridgehead atoms. The summed E-state index contributed by atoms with van der Waals surface area (Å²) in [6, 6.07) is 0. The van der Waals surface area contributed by atoms with Crippen LogP contribution in [0.5, 0.6) is 0 Å². The molecule has 0 aliphatic carbocycles. The summed E-state index contributed by atoms with van der Waals surface area (Å²) in [7, 11) is 3.72. The molecule has 0 fully saturated rings. The molecule has 1 rings (SSSR count). The van der Waals surface area contributed by atoms with E-state index in [0.717, 1.165) is 11.7 Å². The largest absolute Gasteiger partial charge is 0.387 e. The van der Waals surface area contributed by atoms with Crippen molar-refractivity contribution >= 4 is 17.6 Å². The summed E-state index contributed by atoms with van der Waals surface area (Å²) in [6.45, 7) is 2.33. The summed E-state index contributed by atoms with van der Waals surface area (Å²) in [5.41, 5.74) is -0.673. The van der Waals surface area contributed by atoms with Crippen LogP contribution in [0.2, 0.25) is 0 Å². The smallest absolute Gasteiger partial charge is 0.272 e. The third kappa shape index (κ3) is 4.21. The van der Waals surface area contributed by atoms with E-state index >= 15 is 0 Å². The second-order valence-corrected chi connectivity index (χ2v) is 4.77. The van der Waals surface area contributed by atoms with Gasteiger partial charge in [0.1, 0.15) is 0 Å². The van der Waals surface area contributed by atoms with Crippen LogP contribution in [0.3, 0.4) is 0 Å². The molecule has 1 heterocycles. The predicted octanol–water partition coefficient (Wildman–Crippen LogP) is -0.420. The molecule has 0 aromatic carbocycles. The zero-order valence-corrected chi connectivity index (χ0v) is 10.4. The molecule has 16 heavy (non-hydrogen) atoms. The summed E-state index contributed by atoms with van der Waals surface area (Å²) in [4.78, 5) is 13.4. The maximum atomic E-state index is 11.5. The summed E-state index contributed by atoms with van der Waals surface area (Å²) in [6.07, 6.45) is 1.40. The molecule has 6 nitrogen and oxygen atoms in total. The SMILES string of the molecule is CN(C)CC(C)(O)CNC(=O)c1cnsn1. The molecule has 0 aliphatic rings. The fourth-order valence-electron chi connectivity index (χ4n) is 1.36. The Hall–Kier alpha value is -1.05. The van der Waals surface area contributed by atoms with Gasteiger partial charge in [-0.25, -0.2) is 0 Å². The molecule has 1 amide bonds. The van der Waals surface area contributed by atoms with Crippen molar-refractivity contribution in [2.45, 2.75) is 12.5 Å². The summed E-state index contributed by atoms with van der Waals surface area (Å²) >= 11 is 0.980. The van der Waals surface area contributed by atoms with E-state index in [1.54, 1.807) is 6.92 Å². The van der Waals surface area contributed by atoms with Crippen LogP contribution in [0.1, 0.15) is 17.4 Å². The lowest BCUT2D eigenvalue weighted by molar-refractivity contribution is 0.0325. The molecule has 1 aromatic rings. The normalized spacial score (nSPS) is 14.8. The number of hydrogen-bond acceptors (Lipinski definition) is 6. The standard InChI is InChI=1S/C9H16N4O2S/c1-9(15,6-13(2)3)5-10-8(14)7-4-11-16-12-7/h4,15H,5-6H2,1-3H3,(H,10,14). The second kappa shape index (κ2) is 5.33. The van der Waals surface area contributed by atoms with Gasteiger partial charge < -0.3 is 15.3 Å². The zero-order valence-electron chi connectivity index (χ0n) is 9.60. The van der Waals surface area contributed by atoms with Crippen molar-refractivity contribution in [2.75, 3.05) is 27.2 Å². The van der Waals surface area contributed by atoms with Crippen molar-refractivity contribution in [2.24, 2.45) is 0 Å². The van der Waals surface area contributed by atoms with E-state index in [4.69, 9.17) is 0 Å². The Kier molecular flexibility index (Phi) is 4.34. The lowest BCUT2D eigenvalue weighted by atomic mass is 10.1. The highest BCUT2D eigenvalue weighted by Crippen LogP contribution is 2.03. The van der Waals surface area contributed by atoms with E-state index in [1.807, 2.05) is 19.0 Å². The molecule has 0 aliphatic heterocycles. The summed E-state index contributed by atoms with van der Waals surface area (Å²) < 4.78 is 7.54. The van der Waals surface area contributed by atoms with Crippen molar-refractivity contribution in [3.8, 4) is 0 Å². The summed E-state index contributed by atoms with van der Waals surface area (Å²) in [5, 5.41) is 12.6. The Morgan fingerprint density at radius 3 is 2.88 bits per heavy atom. The number of carbonyl (C=O) groups excluding carboxylic acids is 1. The van der Waals surface area contributed by atoms with E-state index in [2.05, 4.69) is 14.1 Å². The van der Waals surface area contributed by atoms with Crippen molar-refractivity contribution in [3.05, 3.63) is 11.9 Å². The van der Waals surface area contributed by atoms with Crippen molar-refractivity contribution < 1.29 is 9.90 Å². The summed E-state index contributed by atoms with van der Waals surface area (Å²) in [5.74, 6) is -0.312. The predicted molar refractivity (Wildman–Crippen MR) is 61.4 cm³/mol. The average molecular weight is 244 g/mol. The topological polar surface area (TPSA) is 78.4 Å². The van der Waals surface area contributed by atoms with Gasteiger partial charge in [-0.1, -0.05) is 0 Å². The second-order valence-electron chi connectivity index (χ2n) is 4.21. The molecule has 1 atom stereocenters. The van der Waals surface area contributed by atoms with Gasteiger partial charge in [-0.2, -0.15) is 8.75 Å². The molecular formula is C9H16N4O2S. The van der Waals surface area contributed by atoms with Crippen LogP contribution in [-0.4, -0.2) is 57.4 Å². The van der Waals surface area contributed by atoms with Gasteiger partial charge in [0.25, 0.3) is 5.91 Å². The third-order valence-electron chi connectivity index (χ3n) is 1.88. The molecule has 1 aromatic heterocycles. The van der Waals surface area contributed by atoms with Gasteiger partial charge in [0, 0.05) is 13.1 Å². The first kappa shape index (κ1) is 13.0. The number of nitrogens with zero attached hydrogens (tertiary/aromatic N) is 3. The zero-order chi connectivity index (χ0) is 12.2. The van der Waals surface area contributed by atoms with Crippen LogP contribution >= 0.6 is 11.7 Å². The van der Waals surface area contributed by atoms with Gasteiger partial charge in [0.15, 0.2) is 5.69 Å². The van der Waals surface area contributed by atoms with Crippen molar-refractivity contribution in [1.29, 1.82) is 0 Å². The molecule has 0 saturated carbocycles. The highest BCUT2D eigenvalue weighted by molar-refractivity contribution is 6.99. The van der Waals surface area contributed by atoms with E-state index in [9.17, 15) is 9.90 Å². The fourth-order valence-corrected chi connectivity index (χ4v) is 1.78. The van der Waals surface area contributed by atoms with Gasteiger partial charge in [-0.05, 0) is 21.0 Å². The lowest BCUT2D eigenvalue weighted by Crippen LogP contribution is -2.47. The van der Waals surface area contributed by atoms with Crippen LogP contribution in [0.4, 0.5) is 0 Å². The Labute approximate surface area is 98.6 Å². The first-order chi connectivity index (χ1) is 7.41. The Bertz CT molecular complexity index is 337. The minimum Gasteiger partial charge on any atom is -0.387 e. The number of hydrogen-bond donors (Lipinski definition) is 2. The van der Waals surface area contributed by atoms with E-state index < -0.39 is 5.60 Å². The lowest BCUT2D eigenvalue weighted by Gasteiger charge is -2.26. The number of carbonyl (C=O) groups is 1. The molecule has 2 N–H and O–H groups in total. The van der Waals surface area contributed by atoms with Crippen molar-refractivity contribution in [1.82, 2.24) is 19.0 Å². The minimum absolute atomic E-state index is 0.182. The molecule has 0 saturated heterocycles. The first-order valence-electron chi connectivity index (χ1n) is 4.83. The van der Waals surface area contributed by atoms with E-state index in [-0.39, 0.29) is 18.1 Å². The number of likely N-dealkylation sites (N-methyl/N-ethyl adjacent to an activating group) is 1. The van der Waals surface area contributed by atoms with Crippen LogP contribution in [-0.2, 0) is 0 Å². The van der Waals surface area contributed by atoms with E-state index in [1.165, 1.54) is 6.20 Å². The van der Waals surface area contributed by atoms with Crippen LogP contribution in [0, 0.1) is 0 Å². The van der Waals surface area contributed by atoms with Gasteiger partial charge in [0.05, 0.1) is 23.5 Å². The number of nitrogens with one attached hydrogen (secondary N) is 1. The van der Waals surface area contributed by atoms with Gasteiger partial charge in [-0.3, -0.25) is 4.79 Å².